The zero-order valence-corrected chi connectivity index (χ0v) is 9.95. The Labute approximate surface area is 96.6 Å². The van der Waals surface area contributed by atoms with E-state index in [9.17, 15) is 13.2 Å². The van der Waals surface area contributed by atoms with Crippen molar-refractivity contribution in [3.8, 4) is 0 Å². The summed E-state index contributed by atoms with van der Waals surface area (Å²) in [6.07, 6.45) is -0.119. The van der Waals surface area contributed by atoms with Crippen LogP contribution in [-0.4, -0.2) is 31.3 Å². The summed E-state index contributed by atoms with van der Waals surface area (Å²) < 4.78 is 27.1. The molecule has 16 heavy (non-hydrogen) atoms. The molecule has 2 heterocycles. The van der Waals surface area contributed by atoms with E-state index < -0.39 is 14.3 Å². The molecule has 0 aromatic carbocycles. The van der Waals surface area contributed by atoms with Gasteiger partial charge in [0.2, 0.25) is 20.8 Å². The molecule has 1 aliphatic heterocycles. The van der Waals surface area contributed by atoms with Crippen LogP contribution in [0.15, 0.2) is 10.6 Å². The molecule has 1 aromatic heterocycles. The number of hydrogen-bond acceptors (Lipinski definition) is 5. The second-order valence-electron chi connectivity index (χ2n) is 3.61. The van der Waals surface area contributed by atoms with Crippen LogP contribution in [0.3, 0.4) is 0 Å². The van der Waals surface area contributed by atoms with Crippen molar-refractivity contribution in [2.75, 3.05) is 11.4 Å². The van der Waals surface area contributed by atoms with Gasteiger partial charge in [-0.05, 0) is 6.92 Å². The van der Waals surface area contributed by atoms with Gasteiger partial charge in [0.1, 0.15) is 5.25 Å². The number of aromatic nitrogens is 1. The normalized spacial score (nSPS) is 21.8. The monoisotopic (exact) mass is 264 g/mol. The van der Waals surface area contributed by atoms with Gasteiger partial charge in [0.25, 0.3) is 0 Å². The van der Waals surface area contributed by atoms with E-state index in [0.29, 0.717) is 5.69 Å². The lowest BCUT2D eigenvalue weighted by Gasteiger charge is -2.10. The van der Waals surface area contributed by atoms with Gasteiger partial charge in [-0.3, -0.25) is 9.69 Å². The van der Waals surface area contributed by atoms with Crippen LogP contribution in [-0.2, 0) is 13.8 Å². The van der Waals surface area contributed by atoms with Gasteiger partial charge < -0.3 is 4.52 Å². The zero-order valence-electron chi connectivity index (χ0n) is 8.38. The molecule has 1 unspecified atom stereocenters. The quantitative estimate of drug-likeness (QED) is 0.733. The Balaban J connectivity index is 2.24. The van der Waals surface area contributed by atoms with Crippen LogP contribution in [0.4, 0.5) is 5.88 Å². The van der Waals surface area contributed by atoms with E-state index in [1.54, 1.807) is 13.0 Å². The number of hydrogen-bond donors (Lipinski definition) is 0. The molecule has 88 valence electrons. The summed E-state index contributed by atoms with van der Waals surface area (Å²) >= 11 is 0. The molecular weight excluding hydrogens is 256 g/mol. The molecule has 0 spiro atoms. The lowest BCUT2D eigenvalue weighted by Crippen LogP contribution is -2.26. The predicted molar refractivity (Wildman–Crippen MR) is 56.8 cm³/mol. The van der Waals surface area contributed by atoms with E-state index in [2.05, 4.69) is 5.16 Å². The molecule has 8 heteroatoms. The molecule has 1 amide bonds. The molecule has 0 saturated carbocycles. The van der Waals surface area contributed by atoms with Crippen LogP contribution >= 0.6 is 10.7 Å². The standard InChI is InChI=1S/C8H9ClN2O4S/c1-5-2-8(15-10-5)11-4-6(3-7(11)12)16(9,13)14/h2,6H,3-4H2,1H3. The summed E-state index contributed by atoms with van der Waals surface area (Å²) in [5.74, 6) is -0.0734. The molecule has 1 saturated heterocycles. The van der Waals surface area contributed by atoms with Gasteiger partial charge in [-0.15, -0.1) is 0 Å². The minimum Gasteiger partial charge on any atom is -0.338 e. The van der Waals surface area contributed by atoms with Crippen molar-refractivity contribution < 1.29 is 17.7 Å². The number of halogens is 1. The average molecular weight is 265 g/mol. The molecule has 0 radical (unpaired) electrons. The Morgan fingerprint density at radius 2 is 2.31 bits per heavy atom. The van der Waals surface area contributed by atoms with Crippen molar-refractivity contribution in [2.24, 2.45) is 0 Å². The third-order valence-corrected chi connectivity index (χ3v) is 4.24. The highest BCUT2D eigenvalue weighted by molar-refractivity contribution is 8.14. The van der Waals surface area contributed by atoms with Crippen LogP contribution in [0.1, 0.15) is 12.1 Å². The van der Waals surface area contributed by atoms with E-state index in [0.717, 1.165) is 0 Å². The molecule has 0 N–H and O–H groups in total. The molecule has 1 aromatic rings. The van der Waals surface area contributed by atoms with Crippen LogP contribution in [0, 0.1) is 6.92 Å². The third-order valence-electron chi connectivity index (χ3n) is 2.37. The number of nitrogens with zero attached hydrogens (tertiary/aromatic N) is 2. The van der Waals surface area contributed by atoms with Crippen molar-refractivity contribution in [3.05, 3.63) is 11.8 Å². The number of carbonyl (C=O) groups excluding carboxylic acids is 1. The maximum atomic E-state index is 11.6. The van der Waals surface area contributed by atoms with Crippen LogP contribution < -0.4 is 4.90 Å². The largest absolute Gasteiger partial charge is 0.338 e. The zero-order chi connectivity index (χ0) is 11.9. The first-order valence-corrected chi connectivity index (χ1v) is 6.92. The van der Waals surface area contributed by atoms with E-state index >= 15 is 0 Å². The van der Waals surface area contributed by atoms with Gasteiger partial charge in [-0.2, -0.15) is 0 Å². The summed E-state index contributed by atoms with van der Waals surface area (Å²) in [6, 6.07) is 1.57. The van der Waals surface area contributed by atoms with Gasteiger partial charge in [0.15, 0.2) is 0 Å². The van der Waals surface area contributed by atoms with Crippen molar-refractivity contribution in [1.82, 2.24) is 5.16 Å². The maximum absolute atomic E-state index is 11.6. The average Bonchev–Trinajstić information content (AvgIpc) is 2.70. The fraction of sp³-hybridized carbons (Fsp3) is 0.500. The smallest absolute Gasteiger partial charge is 0.237 e. The van der Waals surface area contributed by atoms with Gasteiger partial charge >= 0.3 is 0 Å². The molecule has 0 bridgehead atoms. The molecule has 1 atom stereocenters. The molecule has 1 fully saturated rings. The minimum absolute atomic E-state index is 0.0132. The molecule has 1 aliphatic rings. The van der Waals surface area contributed by atoms with Crippen molar-refractivity contribution in [1.29, 1.82) is 0 Å². The van der Waals surface area contributed by atoms with Crippen molar-refractivity contribution in [3.63, 3.8) is 0 Å². The SMILES string of the molecule is Cc1cc(N2CC(S(=O)(=O)Cl)CC2=O)on1. The Hall–Kier alpha value is -1.08. The number of anilines is 1. The molecule has 6 nitrogen and oxygen atoms in total. The van der Waals surface area contributed by atoms with Crippen LogP contribution in [0.5, 0.6) is 0 Å². The van der Waals surface area contributed by atoms with Gasteiger partial charge in [-0.1, -0.05) is 5.16 Å². The Bertz CT molecular complexity index is 524. The fourth-order valence-corrected chi connectivity index (χ4v) is 2.58. The summed E-state index contributed by atoms with van der Waals surface area (Å²) in [4.78, 5) is 12.8. The minimum atomic E-state index is -3.72. The predicted octanol–water partition coefficient (Wildman–Crippen LogP) is 0.657. The highest BCUT2D eigenvalue weighted by Gasteiger charge is 2.39. The summed E-state index contributed by atoms with van der Waals surface area (Å²) in [5, 5.41) is 2.75. The number of carbonyl (C=O) groups is 1. The van der Waals surface area contributed by atoms with E-state index in [1.807, 2.05) is 0 Å². The third kappa shape index (κ3) is 2.05. The van der Waals surface area contributed by atoms with Crippen LogP contribution in [0.25, 0.3) is 0 Å². The Kier molecular flexibility index (Phi) is 2.67. The fourth-order valence-electron chi connectivity index (χ4n) is 1.55. The van der Waals surface area contributed by atoms with Crippen molar-refractivity contribution >= 4 is 31.5 Å². The highest BCUT2D eigenvalue weighted by atomic mass is 35.7. The lowest BCUT2D eigenvalue weighted by atomic mass is 10.4. The topological polar surface area (TPSA) is 80.5 Å². The maximum Gasteiger partial charge on any atom is 0.237 e. The lowest BCUT2D eigenvalue weighted by molar-refractivity contribution is -0.117. The van der Waals surface area contributed by atoms with Crippen molar-refractivity contribution in [2.45, 2.75) is 18.6 Å². The second-order valence-corrected chi connectivity index (χ2v) is 6.52. The Morgan fingerprint density at radius 1 is 1.62 bits per heavy atom. The van der Waals surface area contributed by atoms with E-state index in [-0.39, 0.29) is 24.8 Å². The number of aryl methyl sites for hydroxylation is 1. The summed E-state index contributed by atoms with van der Waals surface area (Å²) in [7, 11) is 1.49. The molecule has 2 rings (SSSR count). The van der Waals surface area contributed by atoms with E-state index in [4.69, 9.17) is 15.2 Å². The van der Waals surface area contributed by atoms with Gasteiger partial charge in [-0.25, -0.2) is 8.42 Å². The van der Waals surface area contributed by atoms with Crippen LogP contribution in [0.2, 0.25) is 0 Å². The first kappa shape index (κ1) is 11.4. The number of rotatable bonds is 2. The second kappa shape index (κ2) is 3.74. The molecule has 0 aliphatic carbocycles. The Morgan fingerprint density at radius 3 is 2.75 bits per heavy atom. The molecular formula is C8H9ClN2O4S. The first-order valence-electron chi connectivity index (χ1n) is 4.55. The summed E-state index contributed by atoms with van der Waals surface area (Å²) in [6.45, 7) is 1.72. The number of amides is 1. The van der Waals surface area contributed by atoms with Gasteiger partial charge in [0.05, 0.1) is 5.69 Å². The van der Waals surface area contributed by atoms with E-state index in [1.165, 1.54) is 4.90 Å². The highest BCUT2D eigenvalue weighted by Crippen LogP contribution is 2.26. The van der Waals surface area contributed by atoms with Gasteiger partial charge in [0, 0.05) is 29.7 Å². The summed E-state index contributed by atoms with van der Waals surface area (Å²) in [5.41, 5.74) is 0.625. The first-order chi connectivity index (χ1) is 7.38.